The number of benzene rings is 1. The van der Waals surface area contributed by atoms with Crippen LogP contribution in [0.1, 0.15) is 318 Å². The number of rotatable bonds is 24. The van der Waals surface area contributed by atoms with Gasteiger partial charge in [-0.05, 0) is 63.0 Å². The second-order valence-corrected chi connectivity index (χ2v) is 40.7. The molecule has 0 heterocycles. The summed E-state index contributed by atoms with van der Waals surface area (Å²) in [4.78, 5) is 127. The zero-order chi connectivity index (χ0) is 79.3. The first-order valence-corrected chi connectivity index (χ1v) is 37.0. The minimum Gasteiger partial charge on any atom is -0.460 e. The topological polar surface area (TPSA) is 252 Å². The van der Waals surface area contributed by atoms with Crippen molar-refractivity contribution < 1.29 is 70.6 Å². The third kappa shape index (κ3) is 53.9. The van der Waals surface area contributed by atoms with Crippen LogP contribution in [0.15, 0.2) is 24.3 Å². The molecule has 1 aromatic rings. The van der Waals surface area contributed by atoms with Crippen LogP contribution >= 0.6 is 0 Å². The fourth-order valence-corrected chi connectivity index (χ4v) is 8.62. The first kappa shape index (κ1) is 102. The molecule has 0 aromatic heterocycles. The highest BCUT2D eigenvalue weighted by atomic mass is 32.2. The highest BCUT2D eigenvalue weighted by Gasteiger charge is 2.33. The van der Waals surface area contributed by atoms with Crippen molar-refractivity contribution in [2.75, 3.05) is 31.3 Å². The van der Waals surface area contributed by atoms with Gasteiger partial charge in [0.15, 0.2) is 33.0 Å². The lowest BCUT2D eigenvalue weighted by atomic mass is 9.83. The fraction of sp³-hybridized carbons (Fsp3) is 0.790. The Morgan fingerprint density at radius 2 is 0.592 bits per heavy atom. The van der Waals surface area contributed by atoms with Crippen LogP contribution in [0.4, 0.5) is 0 Å². The van der Waals surface area contributed by atoms with E-state index < -0.39 is 48.4 Å². The molecule has 0 aliphatic heterocycles. The van der Waals surface area contributed by atoms with Gasteiger partial charge in [0, 0.05) is 92.8 Å². The molecule has 570 valence electrons. The molecule has 98 heavy (non-hydrogen) atoms. The van der Waals surface area contributed by atoms with Gasteiger partial charge < -0.3 is 14.8 Å². The smallest absolute Gasteiger partial charge is 0.311 e. The van der Waals surface area contributed by atoms with Crippen LogP contribution in [-0.2, 0) is 85.1 Å². The summed E-state index contributed by atoms with van der Waals surface area (Å²) in [5.74, 6) is -0.748. The van der Waals surface area contributed by atoms with Gasteiger partial charge in [0.25, 0.3) is 0 Å². The van der Waals surface area contributed by atoms with Gasteiger partial charge in [-0.1, -0.05) is 259 Å². The number of amides is 1. The molecule has 0 aliphatic rings. The summed E-state index contributed by atoms with van der Waals surface area (Å²) < 4.78 is 33.8. The maximum Gasteiger partial charge on any atom is 0.311 e. The number of Topliss-reactive ketones (excluding diaryl/α,β-unsaturated/α-hetero) is 9. The third-order valence-electron chi connectivity index (χ3n) is 14.9. The molecule has 16 nitrogen and oxygen atoms in total. The van der Waals surface area contributed by atoms with E-state index in [0.717, 1.165) is 31.2 Å². The van der Waals surface area contributed by atoms with Crippen LogP contribution in [0.3, 0.4) is 0 Å². The second kappa shape index (κ2) is 41.9. The molecule has 0 spiro atoms. The molecule has 0 unspecified atom stereocenters. The van der Waals surface area contributed by atoms with Crippen LogP contribution < -0.4 is 5.32 Å². The van der Waals surface area contributed by atoms with Gasteiger partial charge in [-0.15, -0.1) is 0 Å². The molecule has 0 saturated carbocycles. The molecule has 0 saturated heterocycles. The minimum atomic E-state index is -3.65. The van der Waals surface area contributed by atoms with Crippen molar-refractivity contribution in [3.05, 3.63) is 35.4 Å². The van der Waals surface area contributed by atoms with Gasteiger partial charge >= 0.3 is 5.97 Å². The average Bonchev–Trinajstić information content (AvgIpc) is 0.855. The minimum absolute atomic E-state index is 0.0178. The van der Waals surface area contributed by atoms with Crippen LogP contribution in [0.2, 0.25) is 0 Å². The highest BCUT2D eigenvalue weighted by molar-refractivity contribution is 7.92. The van der Waals surface area contributed by atoms with Crippen LogP contribution in [0.25, 0.3) is 0 Å². The van der Waals surface area contributed by atoms with Crippen molar-refractivity contribution in [1.29, 1.82) is 0 Å². The quantitative estimate of drug-likeness (QED) is 0.0746. The fourth-order valence-electron chi connectivity index (χ4n) is 6.85. The van der Waals surface area contributed by atoms with Crippen LogP contribution in [0, 0.1) is 65.0 Å². The highest BCUT2D eigenvalue weighted by Crippen LogP contribution is 2.27. The predicted octanol–water partition coefficient (Wildman–Crippen LogP) is 17.9. The number of sulfone groups is 1. The second-order valence-electron chi connectivity index (χ2n) is 38.6. The van der Waals surface area contributed by atoms with Crippen molar-refractivity contribution in [3.63, 3.8) is 0 Å². The van der Waals surface area contributed by atoms with E-state index >= 15 is 0 Å². The molecule has 0 aliphatic carbocycles. The lowest BCUT2D eigenvalue weighted by Gasteiger charge is -2.19. The van der Waals surface area contributed by atoms with E-state index in [1.807, 2.05) is 199 Å². The van der Waals surface area contributed by atoms with Gasteiger partial charge in [0.2, 0.25) is 5.91 Å². The van der Waals surface area contributed by atoms with E-state index in [1.165, 1.54) is 5.56 Å². The molecule has 1 aromatic carbocycles. The molecule has 1 amide bonds. The zero-order valence-corrected chi connectivity index (χ0v) is 70.0. The summed E-state index contributed by atoms with van der Waals surface area (Å²) in [6.45, 7) is 68.8. The molecule has 1 rings (SSSR count). The first-order valence-electron chi connectivity index (χ1n) is 35.1. The molecular weight excluding hydrogens is 1260 g/mol. The molecular formula is C81H145NO15S. The summed E-state index contributed by atoms with van der Waals surface area (Å²) in [7, 11) is -3.65. The number of nitrogens with one attached hydrogen (secondary N) is 1. The van der Waals surface area contributed by atoms with E-state index in [0.29, 0.717) is 62.9 Å². The molecule has 0 atom stereocenters. The maximum atomic E-state index is 11.7. The Morgan fingerprint density at radius 3 is 0.857 bits per heavy atom. The monoisotopic (exact) mass is 1400 g/mol. The number of carbonyl (C=O) groups is 11. The van der Waals surface area contributed by atoms with Crippen LogP contribution in [-0.4, -0.2) is 104 Å². The molecule has 0 bridgehead atoms. The van der Waals surface area contributed by atoms with E-state index in [1.54, 1.807) is 41.5 Å². The maximum absolute atomic E-state index is 11.7. The Labute approximate surface area is 598 Å². The van der Waals surface area contributed by atoms with Gasteiger partial charge in [0.1, 0.15) is 60.2 Å². The lowest BCUT2D eigenvalue weighted by Crippen LogP contribution is -2.35. The molecule has 1 N–H and O–H groups in total. The summed E-state index contributed by atoms with van der Waals surface area (Å²) in [5, 5.41) is 2.92. The average molecular weight is 1410 g/mol. The van der Waals surface area contributed by atoms with E-state index in [4.69, 9.17) is 9.47 Å². The van der Waals surface area contributed by atoms with Gasteiger partial charge in [-0.2, -0.15) is 0 Å². The SMILES string of the molecule is CC(C)(C)C(=O)CCC(=O)C(C)(C)C.CC(C)(C)C(=O)CCCC(=O)C(C)(C)C.CC(C)(C)C(=O)CCCCCNC(=O)C(C)(C)C.CC(C)(C)C(=O)COCC(=O)C(C)(C)C.CC(C)(C)C(=O)CS(=O)(=O)CC(=O)C(C)(C)C.CC(C)(C)Cc1ccc(COC(=O)C(C)(C)C)cc1. The number of unbranched alkanes of at least 4 members (excludes halogenated alkanes) is 2. The number of hydrogen-bond acceptors (Lipinski definition) is 15. The predicted molar refractivity (Wildman–Crippen MR) is 403 cm³/mol. The molecule has 0 fully saturated rings. The number of hydrogen-bond donors (Lipinski definition) is 1. The Kier molecular flexibility index (Phi) is 43.5. The summed E-state index contributed by atoms with van der Waals surface area (Å²) in [5.41, 5.74) is -1.71. The molecule has 0 radical (unpaired) electrons. The number of esters is 1. The third-order valence-corrected chi connectivity index (χ3v) is 16.3. The van der Waals surface area contributed by atoms with Crippen molar-refractivity contribution in [3.8, 4) is 0 Å². The zero-order valence-electron chi connectivity index (χ0n) is 69.2. The Hall–Kier alpha value is -4.90. The molecule has 17 heteroatoms. The van der Waals surface area contributed by atoms with Crippen molar-refractivity contribution in [1.82, 2.24) is 5.32 Å². The van der Waals surface area contributed by atoms with Gasteiger partial charge in [-0.3, -0.25) is 52.7 Å². The van der Waals surface area contributed by atoms with Gasteiger partial charge in [0.05, 0.1) is 5.41 Å². The number of ether oxygens (including phenoxy) is 2. The number of ketones is 9. The van der Waals surface area contributed by atoms with E-state index in [-0.39, 0.29) is 104 Å². The van der Waals surface area contributed by atoms with Gasteiger partial charge in [-0.25, -0.2) is 8.42 Å². The summed E-state index contributed by atoms with van der Waals surface area (Å²) in [6.07, 6.45) is 7.03. The van der Waals surface area contributed by atoms with Crippen LogP contribution in [0.5, 0.6) is 0 Å². The summed E-state index contributed by atoms with van der Waals surface area (Å²) in [6, 6.07) is 8.31. The lowest BCUT2D eigenvalue weighted by molar-refractivity contribution is -0.154. The first-order chi connectivity index (χ1) is 43.0. The Bertz CT molecular complexity index is 2610. The Morgan fingerprint density at radius 1 is 0.316 bits per heavy atom. The normalized spacial score (nSPS) is 12.7. The summed E-state index contributed by atoms with van der Waals surface area (Å²) >= 11 is 0. The number of carbonyl (C=O) groups excluding carboxylic acids is 11. The van der Waals surface area contributed by atoms with E-state index in [2.05, 4.69) is 38.2 Å². The van der Waals surface area contributed by atoms with Crippen molar-refractivity contribution in [2.45, 2.75) is 320 Å². The standard InChI is InChI=1S/C17H26O2.C15H29NO2.C13H24O2.C12H22O4S.C12H22O3.C12H22O2/c1-16(2,3)11-13-7-9-14(10-8-13)12-19-15(18)17(4,5)6;1-14(2,3)12(17)10-8-7-9-11-16-13(18)15(4,5)6;1-12(2,3)10(14)8-7-9-11(15)13(4,5)6;1-11(2,3)9(13)7-17(15,16)8-10(14)12(4,5)6;1-11(2,3)9(13)7-15-8-10(14)12(4,5)6;1-11(2,3)9(13)7-8-10(14)12(4,5)6/h7-10H,11-12H2,1-6H3;7-11H2,1-6H3,(H,16,18);7-9H2,1-6H3;7-8H2,1-6H3;7-8H2,1-6H3;7-8H2,1-6H3. The van der Waals surface area contributed by atoms with Crippen molar-refractivity contribution in [2.24, 2.45) is 65.0 Å². The van der Waals surface area contributed by atoms with E-state index in [9.17, 15) is 61.2 Å². The van der Waals surface area contributed by atoms with Crippen molar-refractivity contribution >= 4 is 73.8 Å². The largest absolute Gasteiger partial charge is 0.460 e. The Balaban J connectivity index is -0.000000354.